The topological polar surface area (TPSA) is 76.7 Å². The van der Waals surface area contributed by atoms with Crippen molar-refractivity contribution in [3.8, 4) is 0 Å². The first-order chi connectivity index (χ1) is 10.5. The lowest BCUT2D eigenvalue weighted by atomic mass is 9.95. The Morgan fingerprint density at radius 1 is 1.18 bits per heavy atom. The summed E-state index contributed by atoms with van der Waals surface area (Å²) in [5, 5.41) is 5.37. The number of hydrogen-bond acceptors (Lipinski definition) is 4. The fraction of sp³-hybridized carbons (Fsp3) is 0.375. The molecule has 0 fully saturated rings. The van der Waals surface area contributed by atoms with Gasteiger partial charge in [0, 0.05) is 12.8 Å². The number of hydrogen-bond donors (Lipinski definition) is 2. The molecule has 2 amide bonds. The zero-order valence-electron chi connectivity index (χ0n) is 12.9. The van der Waals surface area contributed by atoms with Crippen LogP contribution >= 0.6 is 0 Å². The van der Waals surface area contributed by atoms with E-state index in [9.17, 15) is 9.59 Å². The van der Waals surface area contributed by atoms with Gasteiger partial charge in [-0.05, 0) is 19.4 Å². The second kappa shape index (κ2) is 7.09. The number of esters is 1. The van der Waals surface area contributed by atoms with E-state index in [4.69, 9.17) is 9.47 Å². The Morgan fingerprint density at radius 2 is 1.86 bits per heavy atom. The maximum atomic E-state index is 12.3. The van der Waals surface area contributed by atoms with Crippen LogP contribution in [0.3, 0.4) is 0 Å². The van der Waals surface area contributed by atoms with Gasteiger partial charge in [0.1, 0.15) is 6.61 Å². The van der Waals surface area contributed by atoms with Crippen molar-refractivity contribution in [1.82, 2.24) is 10.6 Å². The molecule has 1 heterocycles. The highest BCUT2D eigenvalue weighted by atomic mass is 16.6. The van der Waals surface area contributed by atoms with Crippen molar-refractivity contribution in [3.05, 3.63) is 46.7 Å². The average Bonchev–Trinajstić information content (AvgIpc) is 2.47. The largest absolute Gasteiger partial charge is 0.460 e. The first kappa shape index (κ1) is 16.0. The van der Waals surface area contributed by atoms with E-state index in [1.807, 2.05) is 31.2 Å². The van der Waals surface area contributed by atoms with Gasteiger partial charge in [-0.1, -0.05) is 29.8 Å². The fourth-order valence-corrected chi connectivity index (χ4v) is 2.27. The van der Waals surface area contributed by atoms with E-state index in [1.54, 1.807) is 6.92 Å². The second-order valence-corrected chi connectivity index (χ2v) is 5.11. The van der Waals surface area contributed by atoms with Gasteiger partial charge in [0.05, 0.1) is 18.2 Å². The molecule has 0 bridgehead atoms. The lowest BCUT2D eigenvalue weighted by molar-refractivity contribution is -0.140. The van der Waals surface area contributed by atoms with Crippen LogP contribution in [0.4, 0.5) is 4.79 Å². The average molecular weight is 304 g/mol. The lowest BCUT2D eigenvalue weighted by Gasteiger charge is -2.28. The number of allylic oxidation sites excluding steroid dienone is 1. The third kappa shape index (κ3) is 3.65. The third-order valence-corrected chi connectivity index (χ3v) is 3.42. The lowest BCUT2D eigenvalue weighted by Crippen LogP contribution is -2.45. The van der Waals surface area contributed by atoms with Crippen molar-refractivity contribution in [2.24, 2.45) is 0 Å². The van der Waals surface area contributed by atoms with E-state index in [-0.39, 0.29) is 12.6 Å². The van der Waals surface area contributed by atoms with Crippen LogP contribution in [0.5, 0.6) is 0 Å². The van der Waals surface area contributed by atoms with E-state index in [1.165, 1.54) is 7.11 Å². The predicted molar refractivity (Wildman–Crippen MR) is 81.1 cm³/mol. The number of carbonyl (C=O) groups excluding carboxylic acids is 2. The molecule has 1 aliphatic rings. The highest BCUT2D eigenvalue weighted by Gasteiger charge is 2.32. The first-order valence-electron chi connectivity index (χ1n) is 7.04. The molecule has 6 nitrogen and oxygen atoms in total. The van der Waals surface area contributed by atoms with Gasteiger partial charge < -0.3 is 20.1 Å². The smallest absolute Gasteiger partial charge is 0.338 e. The van der Waals surface area contributed by atoms with Gasteiger partial charge >= 0.3 is 12.0 Å². The molecule has 0 saturated carbocycles. The second-order valence-electron chi connectivity index (χ2n) is 5.11. The van der Waals surface area contributed by atoms with Crippen LogP contribution in [0.2, 0.25) is 0 Å². The molecule has 1 atom stereocenters. The highest BCUT2D eigenvalue weighted by Crippen LogP contribution is 2.27. The molecule has 6 heteroatoms. The van der Waals surface area contributed by atoms with E-state index < -0.39 is 12.0 Å². The molecular weight excluding hydrogens is 284 g/mol. The quantitative estimate of drug-likeness (QED) is 0.642. The SMILES string of the molecule is COCCOC(=O)C1=C(C)NC(=O)N[C@H]1c1ccc(C)cc1. The van der Waals surface area contributed by atoms with E-state index in [2.05, 4.69) is 10.6 Å². The molecule has 0 spiro atoms. The molecular formula is C16H20N2O4. The van der Waals surface area contributed by atoms with Gasteiger partial charge in [-0.2, -0.15) is 0 Å². The number of carbonyl (C=O) groups is 2. The molecule has 0 unspecified atom stereocenters. The van der Waals surface area contributed by atoms with Gasteiger partial charge in [-0.3, -0.25) is 0 Å². The number of rotatable bonds is 5. The van der Waals surface area contributed by atoms with Gasteiger partial charge in [0.2, 0.25) is 0 Å². The highest BCUT2D eigenvalue weighted by molar-refractivity contribution is 5.95. The van der Waals surface area contributed by atoms with Gasteiger partial charge in [-0.25, -0.2) is 9.59 Å². The first-order valence-corrected chi connectivity index (χ1v) is 7.04. The Kier molecular flexibility index (Phi) is 5.16. The number of nitrogens with one attached hydrogen (secondary N) is 2. The van der Waals surface area contributed by atoms with Crippen LogP contribution < -0.4 is 10.6 Å². The number of aryl methyl sites for hydroxylation is 1. The summed E-state index contributed by atoms with van der Waals surface area (Å²) in [6.45, 7) is 4.16. The molecule has 0 aliphatic carbocycles. The molecule has 0 radical (unpaired) electrons. The summed E-state index contributed by atoms with van der Waals surface area (Å²) in [6.07, 6.45) is 0. The van der Waals surface area contributed by atoms with Crippen LogP contribution in [-0.2, 0) is 14.3 Å². The Morgan fingerprint density at radius 3 is 2.50 bits per heavy atom. The molecule has 1 aromatic carbocycles. The number of amides is 2. The summed E-state index contributed by atoms with van der Waals surface area (Å²) in [7, 11) is 1.54. The molecule has 2 N–H and O–H groups in total. The minimum Gasteiger partial charge on any atom is -0.460 e. The van der Waals surface area contributed by atoms with Crippen molar-refractivity contribution < 1.29 is 19.1 Å². The third-order valence-electron chi connectivity index (χ3n) is 3.42. The number of urea groups is 1. The van der Waals surface area contributed by atoms with Crippen LogP contribution in [-0.4, -0.2) is 32.3 Å². The Balaban J connectivity index is 2.28. The van der Waals surface area contributed by atoms with E-state index in [0.717, 1.165) is 11.1 Å². The summed E-state index contributed by atoms with van der Waals surface area (Å²) in [5.41, 5.74) is 2.84. The van der Waals surface area contributed by atoms with Crippen LogP contribution in [0.1, 0.15) is 24.1 Å². The standard InChI is InChI=1S/C16H20N2O4/c1-10-4-6-12(7-5-10)14-13(11(2)17-16(20)18-14)15(19)22-9-8-21-3/h4-7,14H,8-9H2,1-3H3,(H2,17,18,20)/t14-/m0/s1. The Hall–Kier alpha value is -2.34. The minimum absolute atomic E-state index is 0.167. The molecule has 118 valence electrons. The summed E-state index contributed by atoms with van der Waals surface area (Å²) in [4.78, 5) is 24.0. The van der Waals surface area contributed by atoms with Crippen molar-refractivity contribution in [1.29, 1.82) is 0 Å². The summed E-state index contributed by atoms with van der Waals surface area (Å²) in [6, 6.07) is 6.79. The normalized spacial score (nSPS) is 17.8. The maximum Gasteiger partial charge on any atom is 0.338 e. The molecule has 2 rings (SSSR count). The monoisotopic (exact) mass is 304 g/mol. The molecule has 1 aromatic rings. The predicted octanol–water partition coefficient (Wildman–Crippen LogP) is 1.81. The zero-order chi connectivity index (χ0) is 16.1. The number of ether oxygens (including phenoxy) is 2. The van der Waals surface area contributed by atoms with Crippen molar-refractivity contribution in [2.45, 2.75) is 19.9 Å². The Labute approximate surface area is 129 Å². The summed E-state index contributed by atoms with van der Waals surface area (Å²) >= 11 is 0. The van der Waals surface area contributed by atoms with E-state index >= 15 is 0 Å². The van der Waals surface area contributed by atoms with Gasteiger partial charge in [-0.15, -0.1) is 0 Å². The van der Waals surface area contributed by atoms with Crippen LogP contribution in [0.25, 0.3) is 0 Å². The maximum absolute atomic E-state index is 12.3. The summed E-state index contributed by atoms with van der Waals surface area (Å²) in [5.74, 6) is -0.465. The van der Waals surface area contributed by atoms with Crippen LogP contribution in [0, 0.1) is 6.92 Å². The van der Waals surface area contributed by atoms with Gasteiger partial charge in [0.25, 0.3) is 0 Å². The van der Waals surface area contributed by atoms with Crippen molar-refractivity contribution in [3.63, 3.8) is 0 Å². The molecule has 22 heavy (non-hydrogen) atoms. The minimum atomic E-state index is -0.524. The number of benzene rings is 1. The van der Waals surface area contributed by atoms with Gasteiger partial charge in [0.15, 0.2) is 0 Å². The molecule has 0 saturated heterocycles. The fourth-order valence-electron chi connectivity index (χ4n) is 2.27. The van der Waals surface area contributed by atoms with E-state index in [0.29, 0.717) is 17.9 Å². The zero-order valence-corrected chi connectivity index (χ0v) is 12.9. The Bertz CT molecular complexity index is 593. The molecule has 1 aliphatic heterocycles. The van der Waals surface area contributed by atoms with Crippen molar-refractivity contribution in [2.75, 3.05) is 20.3 Å². The van der Waals surface area contributed by atoms with Crippen molar-refractivity contribution >= 4 is 12.0 Å². The van der Waals surface area contributed by atoms with Crippen LogP contribution in [0.15, 0.2) is 35.5 Å². The summed E-state index contributed by atoms with van der Waals surface area (Å²) < 4.78 is 10.1. The molecule has 0 aromatic heterocycles. The number of methoxy groups -OCH3 is 1.